The van der Waals surface area contributed by atoms with Crippen molar-refractivity contribution in [1.29, 1.82) is 0 Å². The summed E-state index contributed by atoms with van der Waals surface area (Å²) in [6, 6.07) is -0.523. The Balaban J connectivity index is 0.00000400. The van der Waals surface area contributed by atoms with Crippen LogP contribution < -0.4 is 10.6 Å². The largest absolute Gasteiger partial charge is 0.467 e. The molecule has 0 unspecified atom stereocenters. The number of halogens is 1. The van der Waals surface area contributed by atoms with Crippen molar-refractivity contribution in [1.82, 2.24) is 10.6 Å². The Bertz CT molecular complexity index is 320. The molecule has 1 amide bonds. The van der Waals surface area contributed by atoms with Crippen molar-refractivity contribution in [2.75, 3.05) is 20.2 Å². The smallest absolute Gasteiger partial charge is 0.328 e. The van der Waals surface area contributed by atoms with E-state index in [2.05, 4.69) is 10.6 Å². The predicted octanol–water partition coefficient (Wildman–Crippen LogP) is 1.89. The number of esters is 1. The first-order valence-electron chi connectivity index (χ1n) is 7.66. The first-order valence-corrected chi connectivity index (χ1v) is 7.66. The van der Waals surface area contributed by atoms with E-state index in [0.717, 1.165) is 38.8 Å². The highest BCUT2D eigenvalue weighted by molar-refractivity contribution is 5.85. The number of amides is 1. The van der Waals surface area contributed by atoms with Crippen LogP contribution in [0, 0.1) is 11.8 Å². The highest BCUT2D eigenvalue weighted by atomic mass is 35.5. The summed E-state index contributed by atoms with van der Waals surface area (Å²) in [4.78, 5) is 23.7. The minimum absolute atomic E-state index is 0. The van der Waals surface area contributed by atoms with E-state index in [1.54, 1.807) is 0 Å². The fourth-order valence-corrected chi connectivity index (χ4v) is 2.55. The standard InChI is InChI=1S/C15H28N2O3.ClH/c1-4-11(2)14(15(19)20-3)17-13(18)6-5-12-7-9-16-10-8-12;/h11-12,14,16H,4-10H2,1-3H3,(H,17,18);1H/t11-,14-;/m0./s1. The van der Waals surface area contributed by atoms with Gasteiger partial charge in [0.25, 0.3) is 0 Å². The number of piperidine rings is 1. The minimum Gasteiger partial charge on any atom is -0.467 e. The zero-order valence-electron chi connectivity index (χ0n) is 13.3. The molecule has 21 heavy (non-hydrogen) atoms. The molecule has 1 fully saturated rings. The molecule has 1 aliphatic rings. The molecule has 2 atom stereocenters. The predicted molar refractivity (Wildman–Crippen MR) is 85.5 cm³/mol. The first-order chi connectivity index (χ1) is 9.58. The molecular weight excluding hydrogens is 292 g/mol. The molecule has 1 rings (SSSR count). The number of nitrogens with one attached hydrogen (secondary N) is 2. The van der Waals surface area contributed by atoms with Gasteiger partial charge in [-0.25, -0.2) is 4.79 Å². The topological polar surface area (TPSA) is 67.4 Å². The molecule has 0 aromatic carbocycles. The number of hydrogen-bond donors (Lipinski definition) is 2. The van der Waals surface area contributed by atoms with Gasteiger partial charge in [-0.05, 0) is 44.2 Å². The lowest BCUT2D eigenvalue weighted by atomic mass is 9.93. The van der Waals surface area contributed by atoms with Crippen LogP contribution in [0.25, 0.3) is 0 Å². The van der Waals surface area contributed by atoms with Crippen molar-refractivity contribution in [2.45, 2.75) is 52.0 Å². The van der Waals surface area contributed by atoms with Gasteiger partial charge >= 0.3 is 5.97 Å². The SMILES string of the molecule is CC[C@H](C)[C@H](NC(=O)CCC1CCNCC1)C(=O)OC.Cl. The summed E-state index contributed by atoms with van der Waals surface area (Å²) in [5.41, 5.74) is 0. The second-order valence-corrected chi connectivity index (χ2v) is 5.69. The van der Waals surface area contributed by atoms with Crippen molar-refractivity contribution < 1.29 is 14.3 Å². The van der Waals surface area contributed by atoms with Crippen LogP contribution in [0.3, 0.4) is 0 Å². The molecule has 5 nitrogen and oxygen atoms in total. The van der Waals surface area contributed by atoms with Gasteiger partial charge in [-0.1, -0.05) is 20.3 Å². The Morgan fingerprint density at radius 2 is 1.95 bits per heavy atom. The van der Waals surface area contributed by atoms with Crippen LogP contribution in [-0.2, 0) is 14.3 Å². The molecule has 1 saturated heterocycles. The van der Waals surface area contributed by atoms with E-state index in [0.29, 0.717) is 12.3 Å². The van der Waals surface area contributed by atoms with Crippen LogP contribution in [0.1, 0.15) is 46.0 Å². The normalized spacial score (nSPS) is 18.2. The Hall–Kier alpha value is -0.810. The quantitative estimate of drug-likeness (QED) is 0.703. The number of carbonyl (C=O) groups is 2. The molecule has 6 heteroatoms. The van der Waals surface area contributed by atoms with E-state index in [1.165, 1.54) is 7.11 Å². The molecule has 2 N–H and O–H groups in total. The zero-order chi connectivity index (χ0) is 15.0. The maximum absolute atomic E-state index is 12.0. The van der Waals surface area contributed by atoms with Crippen LogP contribution in [0.15, 0.2) is 0 Å². The average molecular weight is 321 g/mol. The Morgan fingerprint density at radius 1 is 1.33 bits per heavy atom. The summed E-state index contributed by atoms with van der Waals surface area (Å²) in [7, 11) is 1.36. The number of carbonyl (C=O) groups excluding carboxylic acids is 2. The zero-order valence-corrected chi connectivity index (χ0v) is 14.1. The minimum atomic E-state index is -0.523. The van der Waals surface area contributed by atoms with Gasteiger partial charge in [0.2, 0.25) is 5.91 Å². The highest BCUT2D eigenvalue weighted by Crippen LogP contribution is 2.18. The molecule has 0 radical (unpaired) electrons. The summed E-state index contributed by atoms with van der Waals surface area (Å²) in [5, 5.41) is 6.15. The van der Waals surface area contributed by atoms with E-state index < -0.39 is 6.04 Å². The summed E-state index contributed by atoms with van der Waals surface area (Å²) in [5.74, 6) is 0.321. The van der Waals surface area contributed by atoms with Crippen LogP contribution in [0.5, 0.6) is 0 Å². The Kier molecular flexibility index (Phi) is 10.4. The van der Waals surface area contributed by atoms with Gasteiger partial charge in [0.1, 0.15) is 6.04 Å². The van der Waals surface area contributed by atoms with Gasteiger partial charge < -0.3 is 15.4 Å². The van der Waals surface area contributed by atoms with Gasteiger partial charge in [0.05, 0.1) is 7.11 Å². The van der Waals surface area contributed by atoms with Crippen molar-refractivity contribution in [3.8, 4) is 0 Å². The average Bonchev–Trinajstić information content (AvgIpc) is 2.50. The van der Waals surface area contributed by atoms with Crippen molar-refractivity contribution in [3.63, 3.8) is 0 Å². The van der Waals surface area contributed by atoms with Crippen LogP contribution in [-0.4, -0.2) is 38.1 Å². The molecule has 1 aliphatic heterocycles. The molecule has 0 aromatic heterocycles. The van der Waals surface area contributed by atoms with Gasteiger partial charge in [-0.3, -0.25) is 4.79 Å². The monoisotopic (exact) mass is 320 g/mol. The highest BCUT2D eigenvalue weighted by Gasteiger charge is 2.26. The van der Waals surface area contributed by atoms with E-state index >= 15 is 0 Å². The third kappa shape index (κ3) is 7.14. The second kappa shape index (κ2) is 10.9. The van der Waals surface area contributed by atoms with Crippen LogP contribution >= 0.6 is 12.4 Å². The molecule has 0 aromatic rings. The van der Waals surface area contributed by atoms with E-state index in [4.69, 9.17) is 4.74 Å². The molecule has 0 spiro atoms. The summed E-state index contributed by atoms with van der Waals surface area (Å²) in [6.07, 6.45) is 4.50. The molecular formula is C15H29ClN2O3. The second-order valence-electron chi connectivity index (χ2n) is 5.69. The summed E-state index contributed by atoms with van der Waals surface area (Å²) < 4.78 is 4.77. The summed E-state index contributed by atoms with van der Waals surface area (Å²) >= 11 is 0. The molecule has 0 saturated carbocycles. The van der Waals surface area contributed by atoms with Crippen molar-refractivity contribution in [3.05, 3.63) is 0 Å². The Labute approximate surface area is 134 Å². The van der Waals surface area contributed by atoms with Gasteiger partial charge in [0.15, 0.2) is 0 Å². The van der Waals surface area contributed by atoms with E-state index in [-0.39, 0.29) is 30.2 Å². The van der Waals surface area contributed by atoms with Gasteiger partial charge in [-0.2, -0.15) is 0 Å². The third-order valence-corrected chi connectivity index (χ3v) is 4.22. The molecule has 1 heterocycles. The fraction of sp³-hybridized carbons (Fsp3) is 0.867. The fourth-order valence-electron chi connectivity index (χ4n) is 2.55. The van der Waals surface area contributed by atoms with Crippen molar-refractivity contribution in [2.24, 2.45) is 11.8 Å². The molecule has 0 aliphatic carbocycles. The number of rotatable bonds is 7. The lowest BCUT2D eigenvalue weighted by Crippen LogP contribution is -2.45. The maximum Gasteiger partial charge on any atom is 0.328 e. The summed E-state index contributed by atoms with van der Waals surface area (Å²) in [6.45, 7) is 6.05. The lowest BCUT2D eigenvalue weighted by Gasteiger charge is -2.24. The van der Waals surface area contributed by atoms with Gasteiger partial charge in [-0.15, -0.1) is 12.4 Å². The molecule has 0 bridgehead atoms. The van der Waals surface area contributed by atoms with Crippen LogP contribution in [0.2, 0.25) is 0 Å². The maximum atomic E-state index is 12.0. The first kappa shape index (κ1) is 20.2. The van der Waals surface area contributed by atoms with Gasteiger partial charge in [0, 0.05) is 6.42 Å². The van der Waals surface area contributed by atoms with Crippen LogP contribution in [0.4, 0.5) is 0 Å². The van der Waals surface area contributed by atoms with Crippen molar-refractivity contribution >= 4 is 24.3 Å². The molecule has 124 valence electrons. The van der Waals surface area contributed by atoms with E-state index in [1.807, 2.05) is 13.8 Å². The number of hydrogen-bond acceptors (Lipinski definition) is 4. The third-order valence-electron chi connectivity index (χ3n) is 4.22. The lowest BCUT2D eigenvalue weighted by molar-refractivity contribution is -0.146. The number of ether oxygens (including phenoxy) is 1. The Morgan fingerprint density at radius 3 is 2.48 bits per heavy atom. The number of methoxy groups -OCH3 is 1. The van der Waals surface area contributed by atoms with E-state index in [9.17, 15) is 9.59 Å².